The molecule has 138 valence electrons. The Balaban J connectivity index is 1.96. The topological polar surface area (TPSA) is 75.7 Å². The summed E-state index contributed by atoms with van der Waals surface area (Å²) in [5.74, 6) is 0.244. The number of hydrogen-bond acceptors (Lipinski definition) is 4. The fraction of sp³-hybridized carbons (Fsp3) is 0.278. The molecule has 6 nitrogen and oxygen atoms in total. The highest BCUT2D eigenvalue weighted by Crippen LogP contribution is 2.31. The molecule has 0 aliphatic carbocycles. The first kappa shape index (κ1) is 18.5. The summed E-state index contributed by atoms with van der Waals surface area (Å²) in [5.41, 5.74) is 1.99. The molecule has 1 aliphatic rings. The maximum atomic E-state index is 12.8. The zero-order chi connectivity index (χ0) is 18.9. The smallest absolute Gasteiger partial charge is 0.265 e. The van der Waals surface area contributed by atoms with Crippen LogP contribution in [0.3, 0.4) is 0 Å². The van der Waals surface area contributed by atoms with Crippen molar-refractivity contribution in [2.24, 2.45) is 0 Å². The Morgan fingerprint density at radius 3 is 2.62 bits per heavy atom. The van der Waals surface area contributed by atoms with E-state index in [-0.39, 0.29) is 16.6 Å². The minimum atomic E-state index is -3.91. The van der Waals surface area contributed by atoms with Crippen molar-refractivity contribution in [3.8, 4) is 5.75 Å². The summed E-state index contributed by atoms with van der Waals surface area (Å²) < 4.78 is 33.2. The van der Waals surface area contributed by atoms with Gasteiger partial charge in [-0.15, -0.1) is 0 Å². The molecule has 0 unspecified atom stereocenters. The number of hydrogen-bond donors (Lipinski definition) is 1. The summed E-state index contributed by atoms with van der Waals surface area (Å²) in [6.45, 7) is 2.53. The highest BCUT2D eigenvalue weighted by molar-refractivity contribution is 7.92. The van der Waals surface area contributed by atoms with E-state index in [2.05, 4.69) is 4.72 Å². The minimum Gasteiger partial charge on any atom is -0.495 e. The molecule has 0 aromatic heterocycles. The first-order valence-electron chi connectivity index (χ1n) is 8.09. The molecule has 8 heteroatoms. The number of amides is 1. The zero-order valence-electron chi connectivity index (χ0n) is 14.5. The Kier molecular flexibility index (Phi) is 5.11. The largest absolute Gasteiger partial charge is 0.495 e. The monoisotopic (exact) mass is 394 g/mol. The molecule has 0 radical (unpaired) electrons. The van der Waals surface area contributed by atoms with Crippen LogP contribution in [0.25, 0.3) is 0 Å². The van der Waals surface area contributed by atoms with Crippen molar-refractivity contribution >= 4 is 38.9 Å². The van der Waals surface area contributed by atoms with Crippen molar-refractivity contribution in [2.75, 3.05) is 23.3 Å². The number of anilines is 2. The van der Waals surface area contributed by atoms with E-state index >= 15 is 0 Å². The summed E-state index contributed by atoms with van der Waals surface area (Å²) >= 11 is 5.94. The second-order valence-electron chi connectivity index (χ2n) is 6.05. The van der Waals surface area contributed by atoms with Crippen LogP contribution in [0.5, 0.6) is 5.75 Å². The lowest BCUT2D eigenvalue weighted by Gasteiger charge is -2.20. The molecule has 0 saturated carbocycles. The first-order valence-corrected chi connectivity index (χ1v) is 9.95. The number of halogens is 1. The summed E-state index contributed by atoms with van der Waals surface area (Å²) in [4.78, 5) is 13.7. The lowest BCUT2D eigenvalue weighted by Crippen LogP contribution is -2.24. The predicted octanol–water partition coefficient (Wildman–Crippen LogP) is 3.58. The number of aryl methyl sites for hydroxylation is 1. The Hall–Kier alpha value is -2.25. The van der Waals surface area contributed by atoms with Gasteiger partial charge in [-0.1, -0.05) is 17.7 Å². The number of carbonyl (C=O) groups excluding carboxylic acids is 1. The van der Waals surface area contributed by atoms with E-state index in [0.29, 0.717) is 29.4 Å². The van der Waals surface area contributed by atoms with Crippen LogP contribution >= 0.6 is 11.6 Å². The summed E-state index contributed by atoms with van der Waals surface area (Å²) in [6.07, 6.45) is 1.31. The van der Waals surface area contributed by atoms with Gasteiger partial charge in [0.05, 0.1) is 12.8 Å². The van der Waals surface area contributed by atoms with Gasteiger partial charge in [-0.2, -0.15) is 0 Å². The maximum absolute atomic E-state index is 12.8. The van der Waals surface area contributed by atoms with Gasteiger partial charge in [-0.05, 0) is 49.2 Å². The first-order chi connectivity index (χ1) is 12.3. The van der Waals surface area contributed by atoms with Gasteiger partial charge in [0.1, 0.15) is 10.6 Å². The Bertz CT molecular complexity index is 960. The molecule has 2 aromatic carbocycles. The number of sulfonamides is 1. The van der Waals surface area contributed by atoms with E-state index in [1.165, 1.54) is 19.2 Å². The van der Waals surface area contributed by atoms with E-state index in [1.807, 2.05) is 6.92 Å². The molecule has 1 amide bonds. The third-order valence-electron chi connectivity index (χ3n) is 4.24. The lowest BCUT2D eigenvalue weighted by molar-refractivity contribution is -0.117. The summed E-state index contributed by atoms with van der Waals surface area (Å²) in [6, 6.07) is 9.51. The van der Waals surface area contributed by atoms with Crippen LogP contribution in [0.15, 0.2) is 41.3 Å². The molecule has 26 heavy (non-hydrogen) atoms. The van der Waals surface area contributed by atoms with Gasteiger partial charge in [0.25, 0.3) is 10.0 Å². The molecule has 1 saturated heterocycles. The van der Waals surface area contributed by atoms with E-state index in [9.17, 15) is 13.2 Å². The van der Waals surface area contributed by atoms with Crippen molar-refractivity contribution in [3.63, 3.8) is 0 Å². The normalized spacial score (nSPS) is 14.6. The van der Waals surface area contributed by atoms with Crippen molar-refractivity contribution in [3.05, 3.63) is 47.0 Å². The van der Waals surface area contributed by atoms with Crippen LogP contribution in [-0.4, -0.2) is 28.0 Å². The zero-order valence-corrected chi connectivity index (χ0v) is 16.0. The molecule has 0 spiro atoms. The number of benzene rings is 2. The Morgan fingerprint density at radius 2 is 1.96 bits per heavy atom. The number of nitrogens with zero attached hydrogens (tertiary/aromatic N) is 1. The number of rotatable bonds is 5. The molecule has 0 atom stereocenters. The summed E-state index contributed by atoms with van der Waals surface area (Å²) in [7, 11) is -2.51. The van der Waals surface area contributed by atoms with Crippen molar-refractivity contribution in [1.29, 1.82) is 0 Å². The van der Waals surface area contributed by atoms with Crippen molar-refractivity contribution in [1.82, 2.24) is 0 Å². The molecule has 0 bridgehead atoms. The average Bonchev–Trinajstić information content (AvgIpc) is 3.02. The van der Waals surface area contributed by atoms with Gasteiger partial charge in [-0.3, -0.25) is 9.52 Å². The predicted molar refractivity (Wildman–Crippen MR) is 102 cm³/mol. The summed E-state index contributed by atoms with van der Waals surface area (Å²) in [5, 5.41) is 0.290. The third-order valence-corrected chi connectivity index (χ3v) is 5.88. The van der Waals surface area contributed by atoms with Crippen molar-refractivity contribution in [2.45, 2.75) is 24.7 Å². The SMILES string of the molecule is COc1ccc(Cl)cc1S(=O)(=O)Nc1ccc(C)c(N2CCCC2=O)c1. The molecular formula is C18H19ClN2O4S. The standard InChI is InChI=1S/C18H19ClN2O4S/c1-12-5-7-14(11-15(12)21-9-3-4-18(21)22)20-26(23,24)17-10-13(19)6-8-16(17)25-2/h5-8,10-11,20H,3-4,9H2,1-2H3. The number of ether oxygens (including phenoxy) is 1. The third kappa shape index (κ3) is 3.64. The molecule has 1 aliphatic heterocycles. The fourth-order valence-corrected chi connectivity index (χ4v) is 4.42. The molecule has 1 N–H and O–H groups in total. The molecule has 1 fully saturated rings. The lowest BCUT2D eigenvalue weighted by atomic mass is 10.1. The second-order valence-corrected chi connectivity index (χ2v) is 8.14. The van der Waals surface area contributed by atoms with Crippen LogP contribution in [0.1, 0.15) is 18.4 Å². The van der Waals surface area contributed by atoms with Crippen LogP contribution in [0.2, 0.25) is 5.02 Å². The molecule has 3 rings (SSSR count). The van der Waals surface area contributed by atoms with Gasteiger partial charge in [0, 0.05) is 23.7 Å². The number of nitrogens with one attached hydrogen (secondary N) is 1. The van der Waals surface area contributed by atoms with Crippen molar-refractivity contribution < 1.29 is 17.9 Å². The van der Waals surface area contributed by atoms with Crippen LogP contribution in [0, 0.1) is 6.92 Å². The number of carbonyl (C=O) groups is 1. The van der Waals surface area contributed by atoms with E-state index < -0.39 is 10.0 Å². The molecule has 2 aromatic rings. The minimum absolute atomic E-state index is 0.0459. The van der Waals surface area contributed by atoms with Crippen LogP contribution in [0.4, 0.5) is 11.4 Å². The highest BCUT2D eigenvalue weighted by atomic mass is 35.5. The fourth-order valence-electron chi connectivity index (χ4n) is 2.94. The quantitative estimate of drug-likeness (QED) is 0.840. The molecular weight excluding hydrogens is 376 g/mol. The maximum Gasteiger partial charge on any atom is 0.265 e. The van der Waals surface area contributed by atoms with E-state index in [4.69, 9.17) is 16.3 Å². The van der Waals surface area contributed by atoms with Crippen LogP contribution in [-0.2, 0) is 14.8 Å². The second kappa shape index (κ2) is 7.17. The van der Waals surface area contributed by atoms with E-state index in [0.717, 1.165) is 12.0 Å². The molecule has 1 heterocycles. The van der Waals surface area contributed by atoms with Crippen LogP contribution < -0.4 is 14.4 Å². The van der Waals surface area contributed by atoms with E-state index in [1.54, 1.807) is 29.2 Å². The Morgan fingerprint density at radius 1 is 1.19 bits per heavy atom. The van der Waals surface area contributed by atoms with Gasteiger partial charge in [0.2, 0.25) is 5.91 Å². The number of methoxy groups -OCH3 is 1. The average molecular weight is 395 g/mol. The van der Waals surface area contributed by atoms with Gasteiger partial charge < -0.3 is 9.64 Å². The van der Waals surface area contributed by atoms with Gasteiger partial charge >= 0.3 is 0 Å². The van der Waals surface area contributed by atoms with Gasteiger partial charge in [-0.25, -0.2) is 8.42 Å². The Labute approximate surface area is 157 Å². The highest BCUT2D eigenvalue weighted by Gasteiger charge is 2.25. The van der Waals surface area contributed by atoms with Gasteiger partial charge in [0.15, 0.2) is 0 Å².